The van der Waals surface area contributed by atoms with Gasteiger partial charge in [-0.25, -0.2) is 0 Å². The second kappa shape index (κ2) is 8.13. The SMILES string of the molecule is CN=C(NCC(C)(C)c1cccc(C)c1)N1CCOC(c2cnn(C)c2)C1. The predicted octanol–water partition coefficient (Wildman–Crippen LogP) is 2.66. The normalized spacial score (nSPS) is 18.6. The minimum Gasteiger partial charge on any atom is -0.370 e. The van der Waals surface area contributed by atoms with Gasteiger partial charge in [0.15, 0.2) is 5.96 Å². The Morgan fingerprint density at radius 1 is 1.41 bits per heavy atom. The molecule has 1 aromatic carbocycles. The number of nitrogens with zero attached hydrogens (tertiary/aromatic N) is 4. The lowest BCUT2D eigenvalue weighted by Gasteiger charge is -2.36. The number of aryl methyl sites for hydroxylation is 2. The monoisotopic (exact) mass is 369 g/mol. The maximum atomic E-state index is 5.95. The summed E-state index contributed by atoms with van der Waals surface area (Å²) in [6.45, 7) is 9.77. The zero-order chi connectivity index (χ0) is 19.4. The highest BCUT2D eigenvalue weighted by Crippen LogP contribution is 2.24. The van der Waals surface area contributed by atoms with Crippen LogP contribution in [-0.4, -0.2) is 53.9 Å². The summed E-state index contributed by atoms with van der Waals surface area (Å²) < 4.78 is 7.77. The van der Waals surface area contributed by atoms with Gasteiger partial charge in [0.2, 0.25) is 0 Å². The zero-order valence-corrected chi connectivity index (χ0v) is 17.1. The molecular weight excluding hydrogens is 338 g/mol. The van der Waals surface area contributed by atoms with Gasteiger partial charge in [-0.05, 0) is 12.5 Å². The van der Waals surface area contributed by atoms with E-state index in [0.717, 1.165) is 31.2 Å². The van der Waals surface area contributed by atoms with Crippen molar-refractivity contribution in [2.45, 2.75) is 32.3 Å². The molecule has 0 amide bonds. The van der Waals surface area contributed by atoms with Crippen molar-refractivity contribution in [2.24, 2.45) is 12.0 Å². The van der Waals surface area contributed by atoms with E-state index in [1.54, 1.807) is 0 Å². The number of rotatable bonds is 4. The standard InChI is InChI=1S/C21H31N5O/c1-16-7-6-8-18(11-16)21(2,3)15-23-20(22-4)26-9-10-27-19(14-26)17-12-24-25(5)13-17/h6-8,11-13,19H,9-10,14-15H2,1-5H3,(H,22,23). The molecule has 0 spiro atoms. The predicted molar refractivity (Wildman–Crippen MR) is 109 cm³/mol. The molecular formula is C21H31N5O. The fraction of sp³-hybridized carbons (Fsp3) is 0.524. The molecule has 6 heteroatoms. The number of ether oxygens (including phenoxy) is 1. The van der Waals surface area contributed by atoms with E-state index in [-0.39, 0.29) is 11.5 Å². The van der Waals surface area contributed by atoms with Crippen LogP contribution in [0.2, 0.25) is 0 Å². The lowest BCUT2D eigenvalue weighted by molar-refractivity contribution is -0.00808. The molecule has 6 nitrogen and oxygen atoms in total. The molecule has 2 heterocycles. The van der Waals surface area contributed by atoms with Gasteiger partial charge in [0.1, 0.15) is 6.10 Å². The van der Waals surface area contributed by atoms with Crippen LogP contribution in [0.5, 0.6) is 0 Å². The largest absolute Gasteiger partial charge is 0.370 e. The molecule has 2 aromatic rings. The number of aliphatic imine (C=N–C) groups is 1. The average molecular weight is 370 g/mol. The Kier molecular flexibility index (Phi) is 5.85. The molecule has 3 rings (SSSR count). The van der Waals surface area contributed by atoms with Crippen LogP contribution in [-0.2, 0) is 17.2 Å². The Hall–Kier alpha value is -2.34. The summed E-state index contributed by atoms with van der Waals surface area (Å²) in [5.74, 6) is 0.924. The van der Waals surface area contributed by atoms with Gasteiger partial charge in [0, 0.05) is 44.4 Å². The summed E-state index contributed by atoms with van der Waals surface area (Å²) in [6.07, 6.45) is 3.92. The van der Waals surface area contributed by atoms with Crippen molar-refractivity contribution in [1.82, 2.24) is 20.0 Å². The minimum absolute atomic E-state index is 0.0109. The summed E-state index contributed by atoms with van der Waals surface area (Å²) in [4.78, 5) is 6.79. The van der Waals surface area contributed by atoms with Crippen LogP contribution in [0.25, 0.3) is 0 Å². The first-order valence-electron chi connectivity index (χ1n) is 9.52. The first-order chi connectivity index (χ1) is 12.9. The fourth-order valence-electron chi connectivity index (χ4n) is 3.45. The smallest absolute Gasteiger partial charge is 0.193 e. The lowest BCUT2D eigenvalue weighted by Crippen LogP contribution is -2.50. The van der Waals surface area contributed by atoms with Crippen molar-refractivity contribution in [3.8, 4) is 0 Å². The Morgan fingerprint density at radius 2 is 2.22 bits per heavy atom. The van der Waals surface area contributed by atoms with Crippen molar-refractivity contribution in [1.29, 1.82) is 0 Å². The number of aromatic nitrogens is 2. The van der Waals surface area contributed by atoms with E-state index in [0.29, 0.717) is 6.61 Å². The molecule has 0 bridgehead atoms. The number of hydrogen-bond acceptors (Lipinski definition) is 3. The second-order valence-corrected chi connectivity index (χ2v) is 7.91. The Morgan fingerprint density at radius 3 is 2.89 bits per heavy atom. The number of hydrogen-bond donors (Lipinski definition) is 1. The number of nitrogens with one attached hydrogen (secondary N) is 1. The van der Waals surface area contributed by atoms with Crippen LogP contribution in [0.1, 0.15) is 36.6 Å². The van der Waals surface area contributed by atoms with E-state index in [1.165, 1.54) is 11.1 Å². The molecule has 146 valence electrons. The molecule has 1 unspecified atom stereocenters. The molecule has 1 atom stereocenters. The highest BCUT2D eigenvalue weighted by Gasteiger charge is 2.27. The van der Waals surface area contributed by atoms with Crippen LogP contribution in [0, 0.1) is 6.92 Å². The Labute approximate surface area is 162 Å². The molecule has 27 heavy (non-hydrogen) atoms. The van der Waals surface area contributed by atoms with Crippen LogP contribution in [0.3, 0.4) is 0 Å². The summed E-state index contributed by atoms with van der Waals surface area (Å²) in [6, 6.07) is 8.72. The molecule has 1 aliphatic heterocycles. The van der Waals surface area contributed by atoms with Gasteiger partial charge in [0.25, 0.3) is 0 Å². The van der Waals surface area contributed by atoms with Crippen LogP contribution in [0.15, 0.2) is 41.7 Å². The van der Waals surface area contributed by atoms with E-state index in [9.17, 15) is 0 Å². The van der Waals surface area contributed by atoms with Gasteiger partial charge in [-0.3, -0.25) is 9.67 Å². The van der Waals surface area contributed by atoms with Crippen LogP contribution in [0.4, 0.5) is 0 Å². The third kappa shape index (κ3) is 4.69. The maximum absolute atomic E-state index is 5.95. The van der Waals surface area contributed by atoms with Gasteiger partial charge in [-0.15, -0.1) is 0 Å². The van der Waals surface area contributed by atoms with Crippen molar-refractivity contribution in [2.75, 3.05) is 33.3 Å². The average Bonchev–Trinajstić information content (AvgIpc) is 3.09. The Bertz CT molecular complexity index is 795. The number of guanidine groups is 1. The molecule has 0 radical (unpaired) electrons. The molecule has 1 saturated heterocycles. The summed E-state index contributed by atoms with van der Waals surface area (Å²) >= 11 is 0. The third-order valence-electron chi connectivity index (χ3n) is 5.16. The van der Waals surface area contributed by atoms with E-state index < -0.39 is 0 Å². The topological polar surface area (TPSA) is 54.7 Å². The van der Waals surface area contributed by atoms with Gasteiger partial charge in [0.05, 0.1) is 19.3 Å². The van der Waals surface area contributed by atoms with Gasteiger partial charge in [-0.1, -0.05) is 43.7 Å². The molecule has 1 N–H and O–H groups in total. The van der Waals surface area contributed by atoms with Crippen molar-refractivity contribution in [3.63, 3.8) is 0 Å². The first kappa shape index (κ1) is 19.4. The maximum Gasteiger partial charge on any atom is 0.193 e. The van der Waals surface area contributed by atoms with E-state index in [4.69, 9.17) is 4.74 Å². The fourth-order valence-corrected chi connectivity index (χ4v) is 3.45. The highest BCUT2D eigenvalue weighted by molar-refractivity contribution is 5.80. The van der Waals surface area contributed by atoms with Crippen LogP contribution >= 0.6 is 0 Å². The third-order valence-corrected chi connectivity index (χ3v) is 5.16. The van der Waals surface area contributed by atoms with Crippen molar-refractivity contribution < 1.29 is 4.74 Å². The summed E-state index contributed by atoms with van der Waals surface area (Å²) in [7, 11) is 3.77. The van der Waals surface area contributed by atoms with E-state index in [1.807, 2.05) is 31.2 Å². The lowest BCUT2D eigenvalue weighted by atomic mass is 9.84. The molecule has 0 saturated carbocycles. The minimum atomic E-state index is 0.0109. The second-order valence-electron chi connectivity index (χ2n) is 7.91. The van der Waals surface area contributed by atoms with E-state index >= 15 is 0 Å². The van der Waals surface area contributed by atoms with Gasteiger partial charge >= 0.3 is 0 Å². The molecule has 1 aliphatic rings. The quantitative estimate of drug-likeness (QED) is 0.665. The number of benzene rings is 1. The zero-order valence-electron chi connectivity index (χ0n) is 17.1. The van der Waals surface area contributed by atoms with Crippen LogP contribution < -0.4 is 5.32 Å². The Balaban J connectivity index is 1.64. The molecule has 0 aliphatic carbocycles. The number of morpholine rings is 1. The van der Waals surface area contributed by atoms with Crippen molar-refractivity contribution >= 4 is 5.96 Å². The van der Waals surface area contributed by atoms with Gasteiger partial charge in [-0.2, -0.15) is 5.10 Å². The van der Waals surface area contributed by atoms with Gasteiger partial charge < -0.3 is 15.0 Å². The summed E-state index contributed by atoms with van der Waals surface area (Å²) in [5.41, 5.74) is 3.74. The van der Waals surface area contributed by atoms with E-state index in [2.05, 4.69) is 65.3 Å². The van der Waals surface area contributed by atoms with Crippen molar-refractivity contribution in [3.05, 3.63) is 53.3 Å². The molecule has 1 fully saturated rings. The highest BCUT2D eigenvalue weighted by atomic mass is 16.5. The first-order valence-corrected chi connectivity index (χ1v) is 9.52. The summed E-state index contributed by atoms with van der Waals surface area (Å²) in [5, 5.41) is 7.84. The molecule has 1 aromatic heterocycles.